The highest BCUT2D eigenvalue weighted by atomic mass is 19.1. The highest BCUT2D eigenvalue weighted by Crippen LogP contribution is 2.39. The number of hydrogen-bond acceptors (Lipinski definition) is 4. The number of ether oxygens (including phenoxy) is 3. The topological polar surface area (TPSA) is 65.0 Å². The third-order valence-electron chi connectivity index (χ3n) is 2.82. The second-order valence-electron chi connectivity index (χ2n) is 4.05. The van der Waals surface area contributed by atoms with Crippen molar-refractivity contribution >= 4 is 5.97 Å². The number of aliphatic carboxylic acids is 1. The largest absolute Gasteiger partial charge is 0.494 e. The van der Waals surface area contributed by atoms with Crippen molar-refractivity contribution in [3.63, 3.8) is 0 Å². The van der Waals surface area contributed by atoms with Gasteiger partial charge in [-0.05, 0) is 6.42 Å². The lowest BCUT2D eigenvalue weighted by molar-refractivity contribution is -0.141. The molecule has 106 valence electrons. The number of carboxylic acids is 1. The first-order valence-corrected chi connectivity index (χ1v) is 5.66. The van der Waals surface area contributed by atoms with E-state index >= 15 is 0 Å². The zero-order valence-electron chi connectivity index (χ0n) is 11.3. The van der Waals surface area contributed by atoms with Crippen LogP contribution >= 0.6 is 0 Å². The Morgan fingerprint density at radius 2 is 1.84 bits per heavy atom. The summed E-state index contributed by atoms with van der Waals surface area (Å²) in [6, 6.07) is 1.36. The van der Waals surface area contributed by atoms with Crippen LogP contribution in [0, 0.1) is 11.7 Å². The van der Waals surface area contributed by atoms with E-state index in [9.17, 15) is 9.18 Å². The minimum Gasteiger partial charge on any atom is -0.494 e. The molecule has 0 aromatic heterocycles. The summed E-state index contributed by atoms with van der Waals surface area (Å²) in [6.45, 7) is 1.49. The van der Waals surface area contributed by atoms with E-state index in [2.05, 4.69) is 0 Å². The van der Waals surface area contributed by atoms with Gasteiger partial charge in [-0.25, -0.2) is 4.39 Å². The zero-order valence-corrected chi connectivity index (χ0v) is 11.3. The van der Waals surface area contributed by atoms with E-state index in [0.29, 0.717) is 5.75 Å². The summed E-state index contributed by atoms with van der Waals surface area (Å²) in [6.07, 6.45) is -0.0160. The monoisotopic (exact) mass is 272 g/mol. The smallest absolute Gasteiger partial charge is 0.306 e. The lowest BCUT2D eigenvalue weighted by Gasteiger charge is -2.17. The molecule has 1 aromatic carbocycles. The minimum absolute atomic E-state index is 0.00904. The molecule has 5 nitrogen and oxygen atoms in total. The zero-order chi connectivity index (χ0) is 14.6. The fraction of sp³-hybridized carbons (Fsp3) is 0.462. The molecule has 0 aliphatic heterocycles. The SMILES string of the molecule is COc1cc(OC)c(OC)c(CC(C)C(=O)O)c1F. The van der Waals surface area contributed by atoms with Crippen molar-refractivity contribution in [1.82, 2.24) is 0 Å². The van der Waals surface area contributed by atoms with Crippen molar-refractivity contribution in [3.05, 3.63) is 17.4 Å². The molecule has 0 aliphatic carbocycles. The van der Waals surface area contributed by atoms with Gasteiger partial charge >= 0.3 is 5.97 Å². The number of hydrogen-bond donors (Lipinski definition) is 1. The van der Waals surface area contributed by atoms with Gasteiger partial charge in [0.1, 0.15) is 0 Å². The number of rotatable bonds is 6. The summed E-state index contributed by atoms with van der Waals surface area (Å²) in [5.41, 5.74) is 0.133. The normalized spacial score (nSPS) is 11.8. The van der Waals surface area contributed by atoms with Crippen molar-refractivity contribution < 1.29 is 28.5 Å². The van der Waals surface area contributed by atoms with E-state index in [-0.39, 0.29) is 23.5 Å². The number of benzene rings is 1. The number of methoxy groups -OCH3 is 3. The van der Waals surface area contributed by atoms with Gasteiger partial charge < -0.3 is 19.3 Å². The van der Waals surface area contributed by atoms with Gasteiger partial charge in [-0.15, -0.1) is 0 Å². The predicted octanol–water partition coefficient (Wildman–Crippen LogP) is 2.11. The van der Waals surface area contributed by atoms with Crippen LogP contribution < -0.4 is 14.2 Å². The van der Waals surface area contributed by atoms with E-state index in [1.54, 1.807) is 0 Å². The fourth-order valence-corrected chi connectivity index (χ4v) is 1.74. The summed E-state index contributed by atoms with van der Waals surface area (Å²) in [7, 11) is 4.12. The van der Waals surface area contributed by atoms with Crippen LogP contribution in [0.2, 0.25) is 0 Å². The molecule has 0 spiro atoms. The van der Waals surface area contributed by atoms with E-state index in [1.165, 1.54) is 34.3 Å². The molecule has 0 heterocycles. The molecule has 19 heavy (non-hydrogen) atoms. The van der Waals surface area contributed by atoms with Crippen molar-refractivity contribution in [2.24, 2.45) is 5.92 Å². The summed E-state index contributed by atoms with van der Waals surface area (Å²) in [4.78, 5) is 10.9. The van der Waals surface area contributed by atoms with Gasteiger partial charge in [0.05, 0.1) is 27.2 Å². The first-order chi connectivity index (χ1) is 8.96. The van der Waals surface area contributed by atoms with Gasteiger partial charge in [-0.3, -0.25) is 4.79 Å². The Hall–Kier alpha value is -1.98. The van der Waals surface area contributed by atoms with Crippen molar-refractivity contribution in [1.29, 1.82) is 0 Å². The van der Waals surface area contributed by atoms with Crippen molar-refractivity contribution in [2.45, 2.75) is 13.3 Å². The van der Waals surface area contributed by atoms with Gasteiger partial charge in [-0.2, -0.15) is 0 Å². The average Bonchev–Trinajstić information content (AvgIpc) is 2.40. The van der Waals surface area contributed by atoms with Gasteiger partial charge in [0.15, 0.2) is 23.1 Å². The fourth-order valence-electron chi connectivity index (χ4n) is 1.74. The Morgan fingerprint density at radius 1 is 1.26 bits per heavy atom. The maximum Gasteiger partial charge on any atom is 0.306 e. The molecule has 1 rings (SSSR count). The standard InChI is InChI=1S/C13H17FO5/c1-7(13(15)16)5-8-11(14)9(17-2)6-10(18-3)12(8)19-4/h6-7H,5H2,1-4H3,(H,15,16). The Morgan fingerprint density at radius 3 is 2.26 bits per heavy atom. The van der Waals surface area contributed by atoms with E-state index in [0.717, 1.165) is 0 Å². The molecule has 0 saturated heterocycles. The summed E-state index contributed by atoms with van der Waals surface area (Å²) in [5.74, 6) is -1.91. The molecule has 0 radical (unpaired) electrons. The molecular formula is C13H17FO5. The van der Waals surface area contributed by atoms with Crippen LogP contribution in [0.3, 0.4) is 0 Å². The minimum atomic E-state index is -1.01. The average molecular weight is 272 g/mol. The molecule has 6 heteroatoms. The van der Waals surface area contributed by atoms with Crippen LogP contribution in [-0.2, 0) is 11.2 Å². The molecule has 1 N–H and O–H groups in total. The van der Waals surface area contributed by atoms with Crippen molar-refractivity contribution in [2.75, 3.05) is 21.3 Å². The van der Waals surface area contributed by atoms with Gasteiger partial charge in [0.25, 0.3) is 0 Å². The maximum absolute atomic E-state index is 14.2. The summed E-state index contributed by atoms with van der Waals surface area (Å²) >= 11 is 0. The molecule has 0 amide bonds. The predicted molar refractivity (Wildman–Crippen MR) is 66.6 cm³/mol. The Bertz CT molecular complexity index is 473. The van der Waals surface area contributed by atoms with E-state index < -0.39 is 17.7 Å². The first-order valence-electron chi connectivity index (χ1n) is 5.66. The molecule has 1 unspecified atom stereocenters. The molecule has 0 aliphatic rings. The number of halogens is 1. The molecule has 0 saturated carbocycles. The quantitative estimate of drug-likeness (QED) is 0.859. The van der Waals surface area contributed by atoms with Gasteiger partial charge in [-0.1, -0.05) is 6.92 Å². The highest BCUT2D eigenvalue weighted by molar-refractivity contribution is 5.70. The summed E-state index contributed by atoms with van der Waals surface area (Å²) in [5, 5.41) is 8.93. The van der Waals surface area contributed by atoms with Crippen molar-refractivity contribution in [3.8, 4) is 17.2 Å². The third-order valence-corrected chi connectivity index (χ3v) is 2.82. The lowest BCUT2D eigenvalue weighted by atomic mass is 9.99. The van der Waals surface area contributed by atoms with Crippen LogP contribution in [0.1, 0.15) is 12.5 Å². The van der Waals surface area contributed by atoms with Crippen LogP contribution in [-0.4, -0.2) is 32.4 Å². The Balaban J connectivity index is 3.36. The molecule has 1 aromatic rings. The van der Waals surface area contributed by atoms with Crippen LogP contribution in [0.4, 0.5) is 4.39 Å². The van der Waals surface area contributed by atoms with Gasteiger partial charge in [0.2, 0.25) is 0 Å². The maximum atomic E-state index is 14.2. The Kier molecular flexibility index (Phi) is 4.97. The molecular weight excluding hydrogens is 255 g/mol. The number of carboxylic acid groups (broad SMARTS) is 1. The summed E-state index contributed by atoms with van der Waals surface area (Å²) < 4.78 is 29.3. The first kappa shape index (κ1) is 15.1. The van der Waals surface area contributed by atoms with Crippen LogP contribution in [0.5, 0.6) is 17.2 Å². The van der Waals surface area contributed by atoms with Gasteiger partial charge in [0, 0.05) is 11.6 Å². The van der Waals surface area contributed by atoms with Crippen LogP contribution in [0.25, 0.3) is 0 Å². The van der Waals surface area contributed by atoms with E-state index in [4.69, 9.17) is 19.3 Å². The molecule has 0 fully saturated rings. The lowest BCUT2D eigenvalue weighted by Crippen LogP contribution is -2.14. The second kappa shape index (κ2) is 6.26. The molecule has 0 bridgehead atoms. The third kappa shape index (κ3) is 3.07. The van der Waals surface area contributed by atoms with E-state index in [1.807, 2.05) is 0 Å². The highest BCUT2D eigenvalue weighted by Gasteiger charge is 2.24. The van der Waals surface area contributed by atoms with Crippen LogP contribution in [0.15, 0.2) is 6.07 Å². The molecule has 1 atom stereocenters. The number of carbonyl (C=O) groups is 1. The Labute approximate surface area is 110 Å². The second-order valence-corrected chi connectivity index (χ2v) is 4.05.